The molecule has 0 spiro atoms. The summed E-state index contributed by atoms with van der Waals surface area (Å²) in [7, 11) is 0. The molecule has 0 radical (unpaired) electrons. The molecule has 1 heteroatoms. The Morgan fingerprint density at radius 1 is 0.246 bits per heavy atom. The second kappa shape index (κ2) is 12.5. The van der Waals surface area contributed by atoms with E-state index in [4.69, 9.17) is 0 Å². The molecule has 12 aromatic rings. The molecule has 1 heterocycles. The van der Waals surface area contributed by atoms with Gasteiger partial charge in [-0.3, -0.25) is 0 Å². The van der Waals surface area contributed by atoms with Gasteiger partial charge in [0.15, 0.2) is 0 Å². The molecule has 264 valence electrons. The summed E-state index contributed by atoms with van der Waals surface area (Å²) in [5.74, 6) is 0. The molecule has 0 unspecified atom stereocenters. The van der Waals surface area contributed by atoms with Crippen molar-refractivity contribution in [1.29, 1.82) is 0 Å². The Balaban J connectivity index is 1.28. The number of fused-ring (bicyclic) bond motifs is 9. The lowest BCUT2D eigenvalue weighted by Crippen LogP contribution is -2.00. The first-order valence-corrected chi connectivity index (χ1v) is 19.8. The Bertz CT molecular complexity index is 3500. The SMILES string of the molecule is c1ccc(-c2ccc3c(-c4c5ccccc5c(-n5c6ccccc6c6ccc7ccccc7c65)c5ccccc45)c4ccccc4c(-c4ccccc4)c3c2)cc1. The van der Waals surface area contributed by atoms with Crippen LogP contribution in [0.25, 0.3) is 115 Å². The number of para-hydroxylation sites is 1. The Morgan fingerprint density at radius 3 is 1.35 bits per heavy atom. The lowest BCUT2D eigenvalue weighted by molar-refractivity contribution is 1.22. The van der Waals surface area contributed by atoms with Crippen LogP contribution in [0, 0.1) is 0 Å². The highest BCUT2D eigenvalue weighted by Crippen LogP contribution is 2.50. The number of benzene rings is 11. The molecule has 0 atom stereocenters. The third-order valence-corrected chi connectivity index (χ3v) is 12.1. The fourth-order valence-corrected chi connectivity index (χ4v) is 9.75. The molecular weight excluding hydrogens is 687 g/mol. The number of nitrogens with zero attached hydrogens (tertiary/aromatic N) is 1. The molecule has 1 aromatic heterocycles. The van der Waals surface area contributed by atoms with E-state index in [1.807, 2.05) is 0 Å². The van der Waals surface area contributed by atoms with Gasteiger partial charge in [0.05, 0.1) is 16.7 Å². The lowest BCUT2D eigenvalue weighted by atomic mass is 9.82. The first kappa shape index (κ1) is 31.8. The molecule has 11 aromatic carbocycles. The Hall–Kier alpha value is -7.48. The molecule has 12 rings (SSSR count). The van der Waals surface area contributed by atoms with Crippen molar-refractivity contribution in [3.8, 4) is 39.1 Å². The first-order chi connectivity index (χ1) is 28.3. The zero-order valence-electron chi connectivity index (χ0n) is 31.2. The maximum Gasteiger partial charge on any atom is 0.0619 e. The van der Waals surface area contributed by atoms with E-state index in [2.05, 4.69) is 217 Å². The number of aromatic nitrogens is 1. The monoisotopic (exact) mass is 721 g/mol. The fraction of sp³-hybridized carbons (Fsp3) is 0. The van der Waals surface area contributed by atoms with Crippen molar-refractivity contribution >= 4 is 75.7 Å². The van der Waals surface area contributed by atoms with Crippen LogP contribution in [0.4, 0.5) is 0 Å². The van der Waals surface area contributed by atoms with Crippen molar-refractivity contribution in [2.75, 3.05) is 0 Å². The molecular formula is C56H35N. The normalized spacial score (nSPS) is 11.9. The molecule has 0 bridgehead atoms. The Kier molecular flexibility index (Phi) is 7.00. The average molecular weight is 722 g/mol. The van der Waals surface area contributed by atoms with E-state index in [-0.39, 0.29) is 0 Å². The summed E-state index contributed by atoms with van der Waals surface area (Å²) in [5.41, 5.74) is 11.1. The van der Waals surface area contributed by atoms with E-state index in [1.165, 1.54) is 115 Å². The highest BCUT2D eigenvalue weighted by Gasteiger charge is 2.25. The van der Waals surface area contributed by atoms with Crippen LogP contribution < -0.4 is 0 Å². The van der Waals surface area contributed by atoms with Gasteiger partial charge >= 0.3 is 0 Å². The first-order valence-electron chi connectivity index (χ1n) is 19.8. The van der Waals surface area contributed by atoms with Crippen LogP contribution in [-0.4, -0.2) is 4.57 Å². The Morgan fingerprint density at radius 2 is 0.702 bits per heavy atom. The summed E-state index contributed by atoms with van der Waals surface area (Å²) in [6.45, 7) is 0. The van der Waals surface area contributed by atoms with Gasteiger partial charge in [0, 0.05) is 26.9 Å². The topological polar surface area (TPSA) is 4.93 Å². The minimum absolute atomic E-state index is 1.21. The summed E-state index contributed by atoms with van der Waals surface area (Å²) >= 11 is 0. The molecule has 0 aliphatic rings. The van der Waals surface area contributed by atoms with Crippen molar-refractivity contribution in [3.05, 3.63) is 212 Å². The van der Waals surface area contributed by atoms with Gasteiger partial charge in [0.1, 0.15) is 0 Å². The molecule has 1 nitrogen and oxygen atoms in total. The van der Waals surface area contributed by atoms with E-state index in [0.717, 1.165) is 0 Å². The van der Waals surface area contributed by atoms with Crippen LogP contribution in [0.1, 0.15) is 0 Å². The third-order valence-electron chi connectivity index (χ3n) is 12.1. The zero-order chi connectivity index (χ0) is 37.5. The zero-order valence-corrected chi connectivity index (χ0v) is 31.2. The van der Waals surface area contributed by atoms with Gasteiger partial charge in [-0.1, -0.05) is 200 Å². The van der Waals surface area contributed by atoms with E-state index in [0.29, 0.717) is 0 Å². The average Bonchev–Trinajstić information content (AvgIpc) is 3.62. The van der Waals surface area contributed by atoms with Crippen LogP contribution in [0.5, 0.6) is 0 Å². The van der Waals surface area contributed by atoms with Gasteiger partial charge in [-0.2, -0.15) is 0 Å². The van der Waals surface area contributed by atoms with Crippen molar-refractivity contribution in [3.63, 3.8) is 0 Å². The predicted octanol–water partition coefficient (Wildman–Crippen LogP) is 15.6. The van der Waals surface area contributed by atoms with Gasteiger partial charge in [0.2, 0.25) is 0 Å². The van der Waals surface area contributed by atoms with Gasteiger partial charge in [0.25, 0.3) is 0 Å². The molecule has 0 saturated heterocycles. The second-order valence-electron chi connectivity index (χ2n) is 15.1. The molecule has 0 fully saturated rings. The van der Waals surface area contributed by atoms with Crippen molar-refractivity contribution in [2.24, 2.45) is 0 Å². The molecule has 0 amide bonds. The van der Waals surface area contributed by atoms with Crippen LogP contribution in [0.2, 0.25) is 0 Å². The van der Waals surface area contributed by atoms with Crippen molar-refractivity contribution in [1.82, 2.24) is 4.57 Å². The minimum atomic E-state index is 1.21. The molecule has 0 aliphatic heterocycles. The molecule has 0 N–H and O–H groups in total. The van der Waals surface area contributed by atoms with Crippen LogP contribution >= 0.6 is 0 Å². The van der Waals surface area contributed by atoms with Crippen LogP contribution in [0.3, 0.4) is 0 Å². The molecule has 0 aliphatic carbocycles. The summed E-state index contributed by atoms with van der Waals surface area (Å²) in [5, 5.41) is 15.0. The van der Waals surface area contributed by atoms with E-state index < -0.39 is 0 Å². The smallest absolute Gasteiger partial charge is 0.0619 e. The van der Waals surface area contributed by atoms with Crippen molar-refractivity contribution < 1.29 is 0 Å². The van der Waals surface area contributed by atoms with Gasteiger partial charge in [-0.05, 0) is 83.2 Å². The quantitative estimate of drug-likeness (QED) is 0.160. The summed E-state index contributed by atoms with van der Waals surface area (Å²) in [6.07, 6.45) is 0. The highest BCUT2D eigenvalue weighted by atomic mass is 15.0. The Labute approximate surface area is 330 Å². The molecule has 57 heavy (non-hydrogen) atoms. The summed E-state index contributed by atoms with van der Waals surface area (Å²) in [4.78, 5) is 0. The molecule has 0 saturated carbocycles. The predicted molar refractivity (Wildman–Crippen MR) is 245 cm³/mol. The van der Waals surface area contributed by atoms with Crippen LogP contribution in [0.15, 0.2) is 212 Å². The van der Waals surface area contributed by atoms with Crippen LogP contribution in [-0.2, 0) is 0 Å². The van der Waals surface area contributed by atoms with Gasteiger partial charge < -0.3 is 4.57 Å². The van der Waals surface area contributed by atoms with E-state index >= 15 is 0 Å². The van der Waals surface area contributed by atoms with Gasteiger partial charge in [-0.25, -0.2) is 0 Å². The van der Waals surface area contributed by atoms with Crippen molar-refractivity contribution in [2.45, 2.75) is 0 Å². The minimum Gasteiger partial charge on any atom is -0.307 e. The number of hydrogen-bond acceptors (Lipinski definition) is 0. The summed E-state index contributed by atoms with van der Waals surface area (Å²) in [6, 6.07) is 78.3. The van der Waals surface area contributed by atoms with E-state index in [9.17, 15) is 0 Å². The third kappa shape index (κ3) is 4.70. The highest BCUT2D eigenvalue weighted by molar-refractivity contribution is 6.30. The van der Waals surface area contributed by atoms with Gasteiger partial charge in [-0.15, -0.1) is 0 Å². The maximum absolute atomic E-state index is 2.56. The fourth-order valence-electron chi connectivity index (χ4n) is 9.75. The lowest BCUT2D eigenvalue weighted by Gasteiger charge is -2.23. The van der Waals surface area contributed by atoms with E-state index in [1.54, 1.807) is 0 Å². The standard InChI is InChI=1S/C56H35N/c1-3-17-36(18-4-1)39-32-33-46-50(35-39)52(38-20-5-2-6-21-38)42-24-9-10-25-43(42)53(46)54-44-26-11-13-28-47(44)56(48-29-14-12-27-45(48)54)57-51-30-16-15-23-41(51)49-34-31-37-19-7-8-22-40(37)55(49)57/h1-35H. The largest absolute Gasteiger partial charge is 0.307 e. The number of rotatable bonds is 4. The second-order valence-corrected chi connectivity index (χ2v) is 15.1. The maximum atomic E-state index is 2.56. The number of hydrogen-bond donors (Lipinski definition) is 0. The summed E-state index contributed by atoms with van der Waals surface area (Å²) < 4.78 is 2.56.